The standard InChI is InChI=1S/C31H32ClN3O2S/c32-22-7-5-21(6-8-22)29-17-28-30(38-29)31(36)35(19-33-28)23-11-13-26(14-12-23)37-27-15-24-9-10-25(16-27)34(24)18-20-3-1-2-4-20/h5-8,11-14,17,19-20,24-25,27H,1-4,9-10,15-16,18H2/t24-,25+,27?. The van der Waals surface area contributed by atoms with Gasteiger partial charge in [0, 0.05) is 28.5 Å². The summed E-state index contributed by atoms with van der Waals surface area (Å²) >= 11 is 7.50. The molecular formula is C31H32ClN3O2S. The van der Waals surface area contributed by atoms with Crippen molar-refractivity contribution in [2.75, 3.05) is 6.54 Å². The van der Waals surface area contributed by atoms with Gasteiger partial charge in [0.05, 0.1) is 11.2 Å². The van der Waals surface area contributed by atoms with Crippen LogP contribution < -0.4 is 10.3 Å². The molecule has 2 aliphatic heterocycles. The number of ether oxygens (including phenoxy) is 1. The fourth-order valence-electron chi connectivity index (χ4n) is 6.84. The second-order valence-corrected chi connectivity index (χ2v) is 12.7. The van der Waals surface area contributed by atoms with E-state index in [1.807, 2.05) is 54.6 Å². The molecular weight excluding hydrogens is 514 g/mol. The van der Waals surface area contributed by atoms with Gasteiger partial charge in [-0.2, -0.15) is 0 Å². The van der Waals surface area contributed by atoms with Crippen molar-refractivity contribution in [2.45, 2.75) is 69.6 Å². The monoisotopic (exact) mass is 545 g/mol. The van der Waals surface area contributed by atoms with Crippen molar-refractivity contribution in [3.8, 4) is 21.9 Å². The van der Waals surface area contributed by atoms with Crippen LogP contribution in [-0.4, -0.2) is 39.2 Å². The summed E-state index contributed by atoms with van der Waals surface area (Å²) in [6.07, 6.45) is 12.5. The lowest BCUT2D eigenvalue weighted by molar-refractivity contribution is 0.0401. The number of benzene rings is 2. The van der Waals surface area contributed by atoms with Gasteiger partial charge < -0.3 is 4.74 Å². The van der Waals surface area contributed by atoms with Gasteiger partial charge in [-0.15, -0.1) is 11.3 Å². The molecule has 0 spiro atoms. The quantitative estimate of drug-likeness (QED) is 0.254. The van der Waals surface area contributed by atoms with Gasteiger partial charge in [-0.25, -0.2) is 4.98 Å². The third kappa shape index (κ3) is 4.67. The van der Waals surface area contributed by atoms with Gasteiger partial charge in [-0.3, -0.25) is 14.3 Å². The summed E-state index contributed by atoms with van der Waals surface area (Å²) in [5.74, 6) is 1.80. The van der Waals surface area contributed by atoms with Gasteiger partial charge in [-0.1, -0.05) is 36.6 Å². The highest BCUT2D eigenvalue weighted by atomic mass is 35.5. The van der Waals surface area contributed by atoms with E-state index in [0.717, 1.165) is 46.2 Å². The second-order valence-electron chi connectivity index (χ2n) is 11.2. The summed E-state index contributed by atoms with van der Waals surface area (Å²) in [5, 5.41) is 0.694. The summed E-state index contributed by atoms with van der Waals surface area (Å²) in [7, 11) is 0. The van der Waals surface area contributed by atoms with Crippen LogP contribution in [0, 0.1) is 5.92 Å². The molecule has 5 nitrogen and oxygen atoms in total. The molecule has 3 atom stereocenters. The smallest absolute Gasteiger partial charge is 0.275 e. The van der Waals surface area contributed by atoms with Crippen molar-refractivity contribution in [1.82, 2.24) is 14.5 Å². The Bertz CT molecular complexity index is 1480. The van der Waals surface area contributed by atoms with Crippen molar-refractivity contribution >= 4 is 33.2 Å². The van der Waals surface area contributed by atoms with Crippen molar-refractivity contribution in [3.63, 3.8) is 0 Å². The number of halogens is 1. The minimum Gasteiger partial charge on any atom is -0.490 e. The third-order valence-electron chi connectivity index (χ3n) is 8.77. The average Bonchev–Trinajstić information content (AvgIpc) is 3.65. The van der Waals surface area contributed by atoms with Crippen molar-refractivity contribution in [3.05, 3.63) is 76.3 Å². The average molecular weight is 546 g/mol. The molecule has 0 radical (unpaired) electrons. The predicted molar refractivity (Wildman–Crippen MR) is 155 cm³/mol. The van der Waals surface area contributed by atoms with E-state index in [4.69, 9.17) is 16.3 Å². The number of thiophene rings is 1. The maximum absolute atomic E-state index is 13.3. The first-order valence-electron chi connectivity index (χ1n) is 13.9. The first-order chi connectivity index (χ1) is 18.6. The lowest BCUT2D eigenvalue weighted by atomic mass is 9.97. The number of fused-ring (bicyclic) bond motifs is 3. The Labute approximate surface area is 232 Å². The van der Waals surface area contributed by atoms with Crippen molar-refractivity contribution < 1.29 is 4.74 Å². The summed E-state index contributed by atoms with van der Waals surface area (Å²) in [5.41, 5.74) is 2.49. The molecule has 1 saturated carbocycles. The van der Waals surface area contributed by atoms with E-state index in [2.05, 4.69) is 9.88 Å². The molecule has 2 aromatic carbocycles. The third-order valence-corrected chi connectivity index (χ3v) is 10.2. The number of hydrogen-bond acceptors (Lipinski definition) is 5. The van der Waals surface area contributed by atoms with Gasteiger partial charge >= 0.3 is 0 Å². The molecule has 3 aliphatic rings. The van der Waals surface area contributed by atoms with E-state index < -0.39 is 0 Å². The van der Waals surface area contributed by atoms with Gasteiger partial charge in [0.2, 0.25) is 0 Å². The van der Waals surface area contributed by atoms with Crippen LogP contribution >= 0.6 is 22.9 Å². The van der Waals surface area contributed by atoms with Crippen LogP contribution in [0.1, 0.15) is 51.4 Å². The zero-order valence-electron chi connectivity index (χ0n) is 21.4. The van der Waals surface area contributed by atoms with E-state index >= 15 is 0 Å². The van der Waals surface area contributed by atoms with Crippen LogP contribution in [0.4, 0.5) is 0 Å². The SMILES string of the molecule is O=c1c2sc(-c3ccc(Cl)cc3)cc2ncn1-c1ccc(OC2C[C@H]3CC[C@@H](C2)N3CC2CCCC2)cc1. The largest absolute Gasteiger partial charge is 0.490 e. The maximum atomic E-state index is 13.3. The number of hydrogen-bond donors (Lipinski definition) is 0. The fraction of sp³-hybridized carbons (Fsp3) is 0.419. The molecule has 38 heavy (non-hydrogen) atoms. The minimum atomic E-state index is -0.0555. The number of piperidine rings is 1. The van der Waals surface area contributed by atoms with Crippen LogP contribution in [0.3, 0.4) is 0 Å². The maximum Gasteiger partial charge on any atom is 0.275 e. The van der Waals surface area contributed by atoms with E-state index in [1.165, 1.54) is 56.4 Å². The lowest BCUT2D eigenvalue weighted by Crippen LogP contribution is -2.47. The van der Waals surface area contributed by atoms with Crippen LogP contribution in [0.25, 0.3) is 26.3 Å². The topological polar surface area (TPSA) is 47.4 Å². The van der Waals surface area contributed by atoms with E-state index in [1.54, 1.807) is 10.9 Å². The molecule has 2 saturated heterocycles. The van der Waals surface area contributed by atoms with Crippen LogP contribution in [-0.2, 0) is 0 Å². The Balaban J connectivity index is 1.05. The van der Waals surface area contributed by atoms with E-state index in [0.29, 0.717) is 21.8 Å². The second kappa shape index (κ2) is 10.1. The molecule has 7 heteroatoms. The zero-order chi connectivity index (χ0) is 25.6. The Kier molecular flexibility index (Phi) is 6.50. The number of nitrogens with zero attached hydrogens (tertiary/aromatic N) is 3. The molecule has 0 amide bonds. The number of aromatic nitrogens is 2. The van der Waals surface area contributed by atoms with Gasteiger partial charge in [-0.05, 0) is 92.5 Å². The molecule has 4 heterocycles. The van der Waals surface area contributed by atoms with Gasteiger partial charge in [0.15, 0.2) is 0 Å². The Morgan fingerprint density at radius 3 is 2.37 bits per heavy atom. The fourth-order valence-corrected chi connectivity index (χ4v) is 8.01. The number of rotatable bonds is 6. The Morgan fingerprint density at radius 2 is 1.66 bits per heavy atom. The van der Waals surface area contributed by atoms with Crippen LogP contribution in [0.5, 0.6) is 5.75 Å². The molecule has 7 rings (SSSR count). The predicted octanol–water partition coefficient (Wildman–Crippen LogP) is 7.33. The highest BCUT2D eigenvalue weighted by molar-refractivity contribution is 7.22. The summed E-state index contributed by atoms with van der Waals surface area (Å²) in [6, 6.07) is 18.9. The molecule has 1 unspecified atom stereocenters. The first kappa shape index (κ1) is 24.4. The highest BCUT2D eigenvalue weighted by Crippen LogP contribution is 2.39. The van der Waals surface area contributed by atoms with Crippen LogP contribution in [0.15, 0.2) is 65.7 Å². The summed E-state index contributed by atoms with van der Waals surface area (Å²) < 4.78 is 8.74. The van der Waals surface area contributed by atoms with Gasteiger partial charge in [0.1, 0.15) is 22.9 Å². The lowest BCUT2D eigenvalue weighted by Gasteiger charge is -2.40. The summed E-state index contributed by atoms with van der Waals surface area (Å²) in [6.45, 7) is 1.30. The van der Waals surface area contributed by atoms with Crippen molar-refractivity contribution in [2.24, 2.45) is 5.92 Å². The molecule has 1 aliphatic carbocycles. The molecule has 0 N–H and O–H groups in total. The van der Waals surface area contributed by atoms with Crippen molar-refractivity contribution in [1.29, 1.82) is 0 Å². The molecule has 2 aromatic heterocycles. The zero-order valence-corrected chi connectivity index (χ0v) is 23.0. The molecule has 3 fully saturated rings. The van der Waals surface area contributed by atoms with E-state index in [-0.39, 0.29) is 11.7 Å². The normalized spacial score (nSPS) is 23.9. The molecule has 4 aromatic rings. The minimum absolute atomic E-state index is 0.0555. The Hall–Kier alpha value is -2.67. The first-order valence-corrected chi connectivity index (χ1v) is 15.1. The highest BCUT2D eigenvalue weighted by Gasteiger charge is 2.42. The Morgan fingerprint density at radius 1 is 0.947 bits per heavy atom. The summed E-state index contributed by atoms with van der Waals surface area (Å²) in [4.78, 5) is 21.7. The van der Waals surface area contributed by atoms with Gasteiger partial charge in [0.25, 0.3) is 5.56 Å². The van der Waals surface area contributed by atoms with Crippen LogP contribution in [0.2, 0.25) is 5.02 Å². The van der Waals surface area contributed by atoms with E-state index in [9.17, 15) is 4.79 Å². The molecule has 2 bridgehead atoms. The molecule has 196 valence electrons.